The molecule has 28 nitrogen and oxygen atoms in total. The Morgan fingerprint density at radius 1 is 0.571 bits per heavy atom. The predicted octanol–water partition coefficient (Wildman–Crippen LogP) is -2.05. The van der Waals surface area contributed by atoms with Gasteiger partial charge in [-0.2, -0.15) is 0 Å². The summed E-state index contributed by atoms with van der Waals surface area (Å²) in [6, 6.07) is -6.57. The number of nitro groups is 1. The highest BCUT2D eigenvalue weighted by Crippen LogP contribution is 2.15. The van der Waals surface area contributed by atoms with Crippen LogP contribution in [0.5, 0.6) is 0 Å². The normalized spacial score (nSPS) is 14.5. The summed E-state index contributed by atoms with van der Waals surface area (Å²) in [5.74, 6) is -9.63. The van der Waals surface area contributed by atoms with E-state index in [4.69, 9.17) is 28.7 Å². The van der Waals surface area contributed by atoms with Crippen molar-refractivity contribution < 1.29 is 58.0 Å². The molecule has 1 aromatic carbocycles. The number of rotatable bonds is 38. The molecule has 0 saturated carbocycles. The quantitative estimate of drug-likeness (QED) is 0.0111. The second-order valence-electron chi connectivity index (χ2n) is 19.1. The number of nitro benzene ring substituents is 1. The number of unbranched alkanes of at least 4 members (excludes halogenated alkanes) is 3. The summed E-state index contributed by atoms with van der Waals surface area (Å²) in [5, 5.41) is 41.4. The summed E-state index contributed by atoms with van der Waals surface area (Å²) in [6.45, 7) is 10.1. The number of nitrogens with one attached hydrogen (secondary N) is 8. The van der Waals surface area contributed by atoms with Crippen molar-refractivity contribution in [3.63, 3.8) is 0 Å². The first-order chi connectivity index (χ1) is 36.3. The van der Waals surface area contributed by atoms with Crippen LogP contribution in [0.25, 0.3) is 0 Å². The number of benzene rings is 1. The lowest BCUT2D eigenvalue weighted by atomic mass is 10.00. The lowest BCUT2D eigenvalue weighted by Gasteiger charge is -2.29. The smallest absolute Gasteiger partial charge is 0.303 e. The number of nitrogens with two attached hydrogens (primary N) is 5. The summed E-state index contributed by atoms with van der Waals surface area (Å²) in [7, 11) is 0. The Kier molecular flexibility index (Phi) is 31.3. The minimum Gasteiger partial charge on any atom is -0.481 e. The van der Waals surface area contributed by atoms with Crippen molar-refractivity contribution in [2.24, 2.45) is 39.6 Å². The first-order valence-corrected chi connectivity index (χ1v) is 25.9. The van der Waals surface area contributed by atoms with Crippen molar-refractivity contribution in [2.75, 3.05) is 13.1 Å². The molecule has 1 aromatic rings. The molecule has 0 radical (unpaired) electrons. The van der Waals surface area contributed by atoms with Crippen LogP contribution in [0.2, 0.25) is 0 Å². The zero-order valence-corrected chi connectivity index (χ0v) is 45.0. The van der Waals surface area contributed by atoms with Gasteiger partial charge in [-0.3, -0.25) is 63.1 Å². The van der Waals surface area contributed by atoms with Crippen LogP contribution < -0.4 is 71.2 Å². The summed E-state index contributed by atoms with van der Waals surface area (Å²) in [6.07, 6.45) is 2.68. The van der Waals surface area contributed by atoms with Gasteiger partial charge in [-0.25, -0.2) is 0 Å². The van der Waals surface area contributed by atoms with E-state index >= 15 is 0 Å². The maximum absolute atomic E-state index is 14.3. The highest BCUT2D eigenvalue weighted by Gasteiger charge is 2.35. The van der Waals surface area contributed by atoms with E-state index in [9.17, 15) is 63.2 Å². The number of carboxylic acids is 1. The lowest BCUT2D eigenvalue weighted by molar-refractivity contribution is -0.384. The summed E-state index contributed by atoms with van der Waals surface area (Å²) < 4.78 is 0. The van der Waals surface area contributed by atoms with Gasteiger partial charge in [0.25, 0.3) is 5.69 Å². The first-order valence-electron chi connectivity index (χ1n) is 25.9. The fourth-order valence-corrected chi connectivity index (χ4v) is 7.47. The van der Waals surface area contributed by atoms with Crippen molar-refractivity contribution in [3.05, 3.63) is 39.9 Å². The maximum atomic E-state index is 14.3. The molecule has 9 atom stereocenters. The molecule has 0 aliphatic rings. The number of carbonyl (C=O) groups is 10. The Balaban J connectivity index is 3.56. The van der Waals surface area contributed by atoms with Gasteiger partial charge in [-0.15, -0.1) is 0 Å². The minimum atomic E-state index is -1.61. The Bertz CT molecular complexity index is 2180. The fourth-order valence-electron chi connectivity index (χ4n) is 7.47. The second-order valence-corrected chi connectivity index (χ2v) is 19.1. The van der Waals surface area contributed by atoms with Gasteiger partial charge in [0.15, 0.2) is 5.96 Å². The molecule has 432 valence electrons. The molecule has 0 aliphatic carbocycles. The molecule has 1 rings (SSSR count). The third-order valence-corrected chi connectivity index (χ3v) is 12.1. The molecule has 0 heterocycles. The van der Waals surface area contributed by atoms with Crippen molar-refractivity contribution in [3.8, 4) is 0 Å². The largest absolute Gasteiger partial charge is 0.481 e. The van der Waals surface area contributed by atoms with Crippen LogP contribution in [-0.4, -0.2) is 143 Å². The number of non-ortho nitro benzene ring substituents is 1. The van der Waals surface area contributed by atoms with Gasteiger partial charge in [0, 0.05) is 31.5 Å². The van der Waals surface area contributed by atoms with Crippen LogP contribution in [0, 0.1) is 16.0 Å². The standard InChI is InChI=1S/C49H83N15O13/c1-7-9-15-33(40(52)67)58-41(68)29(6)57-44(71)36(22-23-38(65)66)60-47(74)37(26-30-18-20-31(21-19-30)64(76)77)62-45(72)34(16-10-8-2)61-48(75)39(27(3)4)63-46(73)35(17-13-25-55-49(53)54)59-42(69)28(5)56-43(70)32(51)14-11-12-24-50/h18-21,27-29,32-37,39H,7-17,22-26,50-51H2,1-6H3,(H2,52,67)(H,56,70)(H,57,71)(H,58,68)(H,59,69)(H,60,74)(H,61,75)(H,62,72)(H,63,73)(H,65,66)(H4,53,54,55)/t28-,29-,32-,33-,34-,35-,36-,37-,39-/m0/s1. The molecule has 0 bridgehead atoms. The van der Waals surface area contributed by atoms with Crippen LogP contribution in [-0.2, 0) is 54.4 Å². The topological polar surface area (TPSA) is 473 Å². The summed E-state index contributed by atoms with van der Waals surface area (Å²) >= 11 is 0. The maximum Gasteiger partial charge on any atom is 0.303 e. The van der Waals surface area contributed by atoms with Gasteiger partial charge in [0.1, 0.15) is 48.3 Å². The molecule has 9 amide bonds. The molecule has 0 unspecified atom stereocenters. The van der Waals surface area contributed by atoms with Gasteiger partial charge in [-0.05, 0) is 76.8 Å². The average molecular weight is 1090 g/mol. The first kappa shape index (κ1) is 67.5. The van der Waals surface area contributed by atoms with Gasteiger partial charge in [0.05, 0.1) is 11.0 Å². The number of guanidine groups is 1. The van der Waals surface area contributed by atoms with E-state index < -0.39 is 137 Å². The molecule has 0 aromatic heterocycles. The van der Waals surface area contributed by atoms with Gasteiger partial charge < -0.3 is 76.3 Å². The molecule has 0 saturated heterocycles. The van der Waals surface area contributed by atoms with Crippen molar-refractivity contribution >= 4 is 70.8 Å². The number of carbonyl (C=O) groups excluding carboxylic acids is 9. The van der Waals surface area contributed by atoms with Crippen molar-refractivity contribution in [1.29, 1.82) is 0 Å². The van der Waals surface area contributed by atoms with Crippen LogP contribution in [0.1, 0.15) is 131 Å². The third kappa shape index (κ3) is 26.2. The van der Waals surface area contributed by atoms with E-state index in [1.165, 1.54) is 38.1 Å². The SMILES string of the molecule is CCCC[C@H](NC(=O)[C@H](C)NC(=O)[C@H](CCC(=O)O)NC(=O)[C@H](Cc1ccc([N+](=O)[O-])cc1)NC(=O)[C@H](CCCC)NC(=O)[C@@H](NC(=O)[C@H](CCCN=C(N)N)NC(=O)[C@H](C)NC(=O)[C@@H](N)CCCCN)C(C)C)C(N)=O. The Labute approximate surface area is 448 Å². The number of aliphatic carboxylic acids is 1. The van der Waals surface area contributed by atoms with Gasteiger partial charge in [0.2, 0.25) is 53.2 Å². The number of primary amides is 1. The van der Waals surface area contributed by atoms with Crippen LogP contribution in [0.15, 0.2) is 29.3 Å². The number of amides is 9. The van der Waals surface area contributed by atoms with E-state index in [2.05, 4.69) is 47.5 Å². The Morgan fingerprint density at radius 2 is 1.03 bits per heavy atom. The monoisotopic (exact) mass is 1090 g/mol. The van der Waals surface area contributed by atoms with E-state index in [1.807, 2.05) is 13.8 Å². The molecule has 77 heavy (non-hydrogen) atoms. The zero-order valence-electron chi connectivity index (χ0n) is 45.0. The molecule has 19 N–H and O–H groups in total. The van der Waals surface area contributed by atoms with E-state index in [1.54, 1.807) is 13.8 Å². The van der Waals surface area contributed by atoms with Gasteiger partial charge in [-0.1, -0.05) is 71.9 Å². The predicted molar refractivity (Wildman–Crippen MR) is 284 cm³/mol. The van der Waals surface area contributed by atoms with E-state index in [-0.39, 0.29) is 50.3 Å². The lowest BCUT2D eigenvalue weighted by Crippen LogP contribution is -2.61. The van der Waals surface area contributed by atoms with Crippen LogP contribution >= 0.6 is 0 Å². The Hall–Kier alpha value is -7.49. The molecule has 28 heteroatoms. The van der Waals surface area contributed by atoms with Crippen molar-refractivity contribution in [2.45, 2.75) is 186 Å². The van der Waals surface area contributed by atoms with E-state index in [0.29, 0.717) is 57.1 Å². The number of hydrogen-bond donors (Lipinski definition) is 14. The number of hydrogen-bond acceptors (Lipinski definition) is 15. The average Bonchev–Trinajstić information content (AvgIpc) is 3.36. The Morgan fingerprint density at radius 3 is 1.53 bits per heavy atom. The second kappa shape index (κ2) is 35.7. The molecular weight excluding hydrogens is 1010 g/mol. The molecular formula is C49H83N15O13. The van der Waals surface area contributed by atoms with Crippen LogP contribution in [0.4, 0.5) is 5.69 Å². The highest BCUT2D eigenvalue weighted by atomic mass is 16.6. The number of nitrogens with zero attached hydrogens (tertiary/aromatic N) is 2. The molecule has 0 aliphatic heterocycles. The van der Waals surface area contributed by atoms with Gasteiger partial charge >= 0.3 is 5.97 Å². The fraction of sp³-hybridized carbons (Fsp3) is 0.653. The highest BCUT2D eigenvalue weighted by molar-refractivity contribution is 5.98. The van der Waals surface area contributed by atoms with E-state index in [0.717, 1.165) is 0 Å². The molecule has 0 spiro atoms. The summed E-state index contributed by atoms with van der Waals surface area (Å²) in [5.41, 5.74) is 27.9. The zero-order chi connectivity index (χ0) is 58.4. The molecule has 0 fully saturated rings. The third-order valence-electron chi connectivity index (χ3n) is 12.1. The minimum absolute atomic E-state index is 0.0150. The van der Waals surface area contributed by atoms with Crippen molar-refractivity contribution in [1.82, 2.24) is 42.5 Å². The number of aliphatic imine (C=N–C) groups is 1. The summed E-state index contributed by atoms with van der Waals surface area (Å²) in [4.78, 5) is 148. The number of carboxylic acid groups (broad SMARTS) is 1. The van der Waals surface area contributed by atoms with Crippen LogP contribution in [0.3, 0.4) is 0 Å².